The highest BCUT2D eigenvalue weighted by atomic mass is 32.2. The Morgan fingerprint density at radius 2 is 2.22 bits per heavy atom. The van der Waals surface area contributed by atoms with E-state index in [1.165, 1.54) is 11.8 Å². The van der Waals surface area contributed by atoms with Gasteiger partial charge in [0.05, 0.1) is 17.3 Å². The van der Waals surface area contributed by atoms with Crippen molar-refractivity contribution >= 4 is 33.3 Å². The van der Waals surface area contributed by atoms with E-state index in [2.05, 4.69) is 9.97 Å². The number of nitrogens with zero attached hydrogens (tertiary/aromatic N) is 3. The maximum Gasteiger partial charge on any atom is 0.233 e. The summed E-state index contributed by atoms with van der Waals surface area (Å²) in [5.41, 5.74) is 6.43. The molecule has 1 amide bonds. The Morgan fingerprint density at radius 1 is 1.48 bits per heavy atom. The van der Waals surface area contributed by atoms with Crippen LogP contribution in [0.1, 0.15) is 25.5 Å². The second-order valence-corrected chi connectivity index (χ2v) is 8.82. The molecule has 128 valence electrons. The predicted octanol–water partition coefficient (Wildman–Crippen LogP) is 0.885. The van der Waals surface area contributed by atoms with Crippen molar-refractivity contribution in [2.24, 2.45) is 0 Å². The van der Waals surface area contributed by atoms with Crippen LogP contribution in [0.3, 0.4) is 0 Å². The van der Waals surface area contributed by atoms with Crippen molar-refractivity contribution in [3.63, 3.8) is 0 Å². The molecule has 2 rings (SSSR count). The van der Waals surface area contributed by atoms with Crippen molar-refractivity contribution in [1.82, 2.24) is 14.9 Å². The van der Waals surface area contributed by atoms with E-state index in [1.807, 2.05) is 13.8 Å². The number of nitrogen functional groups attached to an aromatic ring is 1. The molecule has 1 aromatic rings. The third-order valence-electron chi connectivity index (χ3n) is 3.61. The van der Waals surface area contributed by atoms with E-state index in [9.17, 15) is 13.2 Å². The van der Waals surface area contributed by atoms with Crippen LogP contribution in [0.5, 0.6) is 0 Å². The number of nitrogens with two attached hydrogens (primary N) is 1. The second-order valence-electron chi connectivity index (χ2n) is 5.65. The van der Waals surface area contributed by atoms with Crippen molar-refractivity contribution in [2.45, 2.75) is 37.9 Å². The number of hydrogen-bond donors (Lipinski definition) is 1. The molecule has 0 radical (unpaired) electrons. The van der Waals surface area contributed by atoms with Crippen LogP contribution < -0.4 is 5.73 Å². The molecule has 1 aliphatic rings. The van der Waals surface area contributed by atoms with Gasteiger partial charge in [0.25, 0.3) is 0 Å². The number of anilines is 1. The highest BCUT2D eigenvalue weighted by Gasteiger charge is 2.34. The van der Waals surface area contributed by atoms with Crippen LogP contribution in [0, 0.1) is 6.92 Å². The fourth-order valence-electron chi connectivity index (χ4n) is 2.61. The van der Waals surface area contributed by atoms with Gasteiger partial charge in [-0.25, -0.2) is 18.4 Å². The van der Waals surface area contributed by atoms with Crippen molar-refractivity contribution in [3.8, 4) is 0 Å². The number of rotatable bonds is 6. The topological polar surface area (TPSA) is 106 Å². The van der Waals surface area contributed by atoms with Gasteiger partial charge in [0.15, 0.2) is 15.0 Å². The van der Waals surface area contributed by atoms with E-state index in [4.69, 9.17) is 5.73 Å². The van der Waals surface area contributed by atoms with E-state index >= 15 is 0 Å². The summed E-state index contributed by atoms with van der Waals surface area (Å²) in [5.74, 6) is 0.703. The zero-order valence-electron chi connectivity index (χ0n) is 13.4. The summed E-state index contributed by atoms with van der Waals surface area (Å²) in [6, 6.07) is 1.45. The minimum Gasteiger partial charge on any atom is -0.384 e. The SMILES string of the molecule is CCCN(C(=O)CSc1nc(C)cc(N)n1)[C@@H]1CCS(=O)(=O)C1. The zero-order valence-corrected chi connectivity index (χ0v) is 15.0. The highest BCUT2D eigenvalue weighted by molar-refractivity contribution is 7.99. The van der Waals surface area contributed by atoms with E-state index in [1.54, 1.807) is 11.0 Å². The van der Waals surface area contributed by atoms with Crippen LogP contribution in [0.4, 0.5) is 5.82 Å². The van der Waals surface area contributed by atoms with Crippen LogP contribution >= 0.6 is 11.8 Å². The molecule has 1 saturated heterocycles. The van der Waals surface area contributed by atoms with Crippen LogP contribution in [-0.2, 0) is 14.6 Å². The number of hydrogen-bond acceptors (Lipinski definition) is 7. The molecule has 0 spiro atoms. The normalized spacial score (nSPS) is 19.7. The maximum absolute atomic E-state index is 12.5. The Balaban J connectivity index is 2.01. The first-order valence-corrected chi connectivity index (χ1v) is 10.4. The Hall–Kier alpha value is -1.35. The van der Waals surface area contributed by atoms with Crippen molar-refractivity contribution < 1.29 is 13.2 Å². The second kappa shape index (κ2) is 7.48. The third kappa shape index (κ3) is 5.07. The molecule has 7 nitrogen and oxygen atoms in total. The van der Waals surface area contributed by atoms with Gasteiger partial charge in [-0.1, -0.05) is 18.7 Å². The van der Waals surface area contributed by atoms with Crippen LogP contribution in [-0.4, -0.2) is 59.0 Å². The molecule has 0 unspecified atom stereocenters. The van der Waals surface area contributed by atoms with E-state index in [0.717, 1.165) is 12.1 Å². The molecule has 0 aliphatic carbocycles. The number of carbonyl (C=O) groups is 1. The van der Waals surface area contributed by atoms with Gasteiger partial charge in [-0.05, 0) is 19.8 Å². The van der Waals surface area contributed by atoms with Gasteiger partial charge < -0.3 is 10.6 Å². The Bertz CT molecular complexity index is 658. The lowest BCUT2D eigenvalue weighted by Gasteiger charge is -2.27. The molecule has 0 aromatic carbocycles. The fraction of sp³-hybridized carbons (Fsp3) is 0.643. The van der Waals surface area contributed by atoms with Gasteiger partial charge in [-0.3, -0.25) is 4.79 Å². The first kappa shape index (κ1) is 18.0. The van der Waals surface area contributed by atoms with Crippen LogP contribution in [0.25, 0.3) is 0 Å². The standard InChI is InChI=1S/C14H22N4O3S2/c1-3-5-18(11-4-6-23(20,21)9-11)13(19)8-22-14-16-10(2)7-12(15)17-14/h7,11H,3-6,8-9H2,1-2H3,(H2,15,16,17)/t11-/m1/s1. The van der Waals surface area contributed by atoms with E-state index < -0.39 is 9.84 Å². The zero-order chi connectivity index (χ0) is 17.0. The summed E-state index contributed by atoms with van der Waals surface area (Å²) in [6.07, 6.45) is 1.31. The number of carbonyl (C=O) groups excluding carboxylic acids is 1. The number of sulfone groups is 1. The van der Waals surface area contributed by atoms with Crippen LogP contribution in [0.2, 0.25) is 0 Å². The summed E-state index contributed by atoms with van der Waals surface area (Å²) in [6.45, 7) is 4.36. The molecule has 1 fully saturated rings. The Kier molecular flexibility index (Phi) is 5.85. The molecular weight excluding hydrogens is 336 g/mol. The highest BCUT2D eigenvalue weighted by Crippen LogP contribution is 2.21. The minimum absolute atomic E-state index is 0.0668. The summed E-state index contributed by atoms with van der Waals surface area (Å²) in [5, 5.41) is 0.464. The molecule has 2 N–H and O–H groups in total. The van der Waals surface area contributed by atoms with E-state index in [-0.39, 0.29) is 29.2 Å². The monoisotopic (exact) mass is 358 g/mol. The number of thioether (sulfide) groups is 1. The van der Waals surface area contributed by atoms with Crippen molar-refractivity contribution in [1.29, 1.82) is 0 Å². The molecule has 0 saturated carbocycles. The Labute approximate surface area is 141 Å². The van der Waals surface area contributed by atoms with Crippen LogP contribution in [0.15, 0.2) is 11.2 Å². The van der Waals surface area contributed by atoms with Gasteiger partial charge in [0, 0.05) is 24.3 Å². The lowest BCUT2D eigenvalue weighted by atomic mass is 10.2. The van der Waals surface area contributed by atoms with Gasteiger partial charge in [0.1, 0.15) is 5.82 Å². The van der Waals surface area contributed by atoms with Gasteiger partial charge >= 0.3 is 0 Å². The molecule has 0 bridgehead atoms. The molecule has 1 aliphatic heterocycles. The molecule has 2 heterocycles. The largest absolute Gasteiger partial charge is 0.384 e. The van der Waals surface area contributed by atoms with E-state index in [0.29, 0.717) is 23.9 Å². The summed E-state index contributed by atoms with van der Waals surface area (Å²) < 4.78 is 23.3. The average molecular weight is 358 g/mol. The van der Waals surface area contributed by atoms with Gasteiger partial charge in [-0.15, -0.1) is 0 Å². The number of aryl methyl sites for hydroxylation is 1. The summed E-state index contributed by atoms with van der Waals surface area (Å²) in [4.78, 5) is 22.5. The third-order valence-corrected chi connectivity index (χ3v) is 6.19. The van der Waals surface area contributed by atoms with Crippen molar-refractivity contribution in [3.05, 3.63) is 11.8 Å². The smallest absolute Gasteiger partial charge is 0.233 e. The summed E-state index contributed by atoms with van der Waals surface area (Å²) >= 11 is 1.23. The molecule has 23 heavy (non-hydrogen) atoms. The quantitative estimate of drug-likeness (QED) is 0.594. The lowest BCUT2D eigenvalue weighted by Crippen LogP contribution is -2.42. The Morgan fingerprint density at radius 3 is 2.78 bits per heavy atom. The lowest BCUT2D eigenvalue weighted by molar-refractivity contribution is -0.130. The molecule has 1 atom stereocenters. The number of aromatic nitrogens is 2. The first-order valence-electron chi connectivity index (χ1n) is 7.54. The first-order chi connectivity index (χ1) is 10.8. The van der Waals surface area contributed by atoms with Crippen molar-refractivity contribution in [2.75, 3.05) is 29.5 Å². The summed E-state index contributed by atoms with van der Waals surface area (Å²) in [7, 11) is -3.01. The minimum atomic E-state index is -3.01. The molecule has 9 heteroatoms. The van der Waals surface area contributed by atoms with Gasteiger partial charge in [0.2, 0.25) is 5.91 Å². The fourth-order valence-corrected chi connectivity index (χ4v) is 5.14. The molecular formula is C14H22N4O3S2. The molecule has 1 aromatic heterocycles. The number of amides is 1. The maximum atomic E-state index is 12.5. The van der Waals surface area contributed by atoms with Gasteiger partial charge in [-0.2, -0.15) is 0 Å². The average Bonchev–Trinajstić information content (AvgIpc) is 2.81. The predicted molar refractivity (Wildman–Crippen MR) is 91.0 cm³/mol.